The van der Waals surface area contributed by atoms with Crippen LogP contribution in [0.2, 0.25) is 26.9 Å². The number of fused-ring (bicyclic) bond motifs is 4. The Kier molecular flexibility index (Phi) is 14.6. The van der Waals surface area contributed by atoms with E-state index in [1.807, 2.05) is 39.2 Å². The Morgan fingerprint density at radius 2 is 1.25 bits per heavy atom. The summed E-state index contributed by atoms with van der Waals surface area (Å²) in [7, 11) is -2.07. The van der Waals surface area contributed by atoms with E-state index in [4.69, 9.17) is 13.7 Å². The number of pyridine rings is 1. The molecule has 0 N–H and O–H groups in total. The Morgan fingerprint density at radius 3 is 1.93 bits per heavy atom. The molecule has 7 rings (SSSR count). The molecule has 2 unspecified atom stereocenters. The summed E-state index contributed by atoms with van der Waals surface area (Å²) < 4.78 is 11.7. The summed E-state index contributed by atoms with van der Waals surface area (Å²) in [5.41, 5.74) is 4.13. The van der Waals surface area contributed by atoms with Crippen LogP contribution in [0.1, 0.15) is 117 Å². The molecule has 10 heteroatoms. The molecule has 0 bridgehead atoms. The first kappa shape index (κ1) is 42.9. The van der Waals surface area contributed by atoms with Gasteiger partial charge in [0.05, 0.1) is 0 Å². The van der Waals surface area contributed by atoms with Crippen LogP contribution < -0.4 is 13.3 Å². The van der Waals surface area contributed by atoms with Gasteiger partial charge in [-0.15, -0.1) is 11.3 Å². The Labute approximate surface area is 363 Å². The quantitative estimate of drug-likeness (QED) is 0.0533. The van der Waals surface area contributed by atoms with E-state index in [2.05, 4.69) is 103 Å². The van der Waals surface area contributed by atoms with Crippen molar-refractivity contribution in [2.45, 2.75) is 145 Å². The van der Waals surface area contributed by atoms with Gasteiger partial charge < -0.3 is 0 Å². The van der Waals surface area contributed by atoms with Crippen LogP contribution in [-0.2, 0) is 6.42 Å². The van der Waals surface area contributed by atoms with Crippen molar-refractivity contribution >= 4 is 108 Å². The van der Waals surface area contributed by atoms with E-state index in [1.54, 1.807) is 17.8 Å². The molecule has 0 saturated carbocycles. The molecule has 0 aromatic carbocycles. The van der Waals surface area contributed by atoms with Crippen molar-refractivity contribution in [2.24, 2.45) is 11.8 Å². The third-order valence-corrected chi connectivity index (χ3v) is 33.0. The van der Waals surface area contributed by atoms with Crippen LogP contribution in [0.25, 0.3) is 51.6 Å². The summed E-state index contributed by atoms with van der Waals surface area (Å²) in [5, 5.41) is 3.57. The average Bonchev–Trinajstić information content (AvgIpc) is 4.04. The predicted molar refractivity (Wildman–Crippen MR) is 261 cm³/mol. The van der Waals surface area contributed by atoms with Crippen molar-refractivity contribution in [3.63, 3.8) is 0 Å². The van der Waals surface area contributed by atoms with Gasteiger partial charge in [0.2, 0.25) is 0 Å². The van der Waals surface area contributed by atoms with Crippen molar-refractivity contribution in [1.29, 1.82) is 0 Å². The molecule has 6 aromatic rings. The van der Waals surface area contributed by atoms with Crippen LogP contribution in [0, 0.1) is 11.8 Å². The van der Waals surface area contributed by atoms with Gasteiger partial charge in [-0.1, -0.05) is 26.2 Å². The van der Waals surface area contributed by atoms with Crippen LogP contribution in [-0.4, -0.2) is 40.2 Å². The van der Waals surface area contributed by atoms with Gasteiger partial charge in [0.1, 0.15) is 0 Å². The van der Waals surface area contributed by atoms with Gasteiger partial charge in [-0.2, -0.15) is 0 Å². The van der Waals surface area contributed by atoms with E-state index >= 15 is 0 Å². The zero-order valence-electron chi connectivity index (χ0n) is 35.2. The molecular weight excluding hydrogens is 902 g/mol. The van der Waals surface area contributed by atoms with Gasteiger partial charge in [-0.05, 0) is 31.0 Å². The molecule has 0 fully saturated rings. The molecule has 0 radical (unpaired) electrons. The molecule has 1 aliphatic rings. The van der Waals surface area contributed by atoms with Crippen molar-refractivity contribution in [2.75, 3.05) is 0 Å². The topological polar surface area (TPSA) is 38.7 Å². The Hall–Kier alpha value is -1.21. The average molecular weight is 965 g/mol. The molecule has 3 nitrogen and oxygen atoms in total. The van der Waals surface area contributed by atoms with Gasteiger partial charge >= 0.3 is 283 Å². The van der Waals surface area contributed by atoms with Crippen molar-refractivity contribution in [1.82, 2.24) is 13.7 Å². The van der Waals surface area contributed by atoms with Gasteiger partial charge in [0, 0.05) is 14.6 Å². The van der Waals surface area contributed by atoms with Gasteiger partial charge in [-0.25, -0.2) is 0 Å². The van der Waals surface area contributed by atoms with Crippen molar-refractivity contribution in [3.8, 4) is 40.5 Å². The second kappa shape index (κ2) is 19.0. The number of aryl methyl sites for hydroxylation is 1. The molecule has 0 saturated heterocycles. The van der Waals surface area contributed by atoms with Gasteiger partial charge in [0.25, 0.3) is 0 Å². The van der Waals surface area contributed by atoms with Gasteiger partial charge in [-0.3, -0.25) is 0 Å². The normalized spacial score (nSPS) is 16.5. The fraction of sp³-hybridized carbons (Fsp3) is 0.543. The number of aromatic nitrogens is 3. The second-order valence-corrected chi connectivity index (χ2v) is 41.9. The van der Waals surface area contributed by atoms with Crippen LogP contribution in [0.15, 0.2) is 42.6 Å². The fourth-order valence-corrected chi connectivity index (χ4v) is 27.7. The van der Waals surface area contributed by atoms with E-state index in [-0.39, 0.29) is 0 Å². The summed E-state index contributed by atoms with van der Waals surface area (Å²) in [6, 6.07) is 17.5. The smallest absolute Gasteiger partial charge is 0.139 e. The van der Waals surface area contributed by atoms with E-state index < -0.39 is 26.5 Å². The van der Waals surface area contributed by atoms with Crippen molar-refractivity contribution in [3.05, 3.63) is 47.5 Å². The first-order valence-electron chi connectivity index (χ1n) is 21.7. The Bertz CT molecular complexity index is 2180. The molecule has 0 spiro atoms. The molecule has 6 aromatic heterocycles. The molecule has 0 aliphatic carbocycles. The molecule has 300 valence electrons. The summed E-state index contributed by atoms with van der Waals surface area (Å²) in [6.45, 7) is 12.0. The molecule has 7 heterocycles. The standard InChI is InChI=1S/C43H54N3S5Si.3CH3.Sn/c1-6-11-14-15-18-31-19-20-34(48-31)35-22-21-33(49-35)32-26-44-40(41-39(32)45-51-46-41)36-25-38-43(50-36)42-37(23-24-47-42)52(38,27-29(9-4)16-12-7-2)28-30(10-5)17-13-8-3;;;;/h19-23,25-26,29-30H,6-18,27-28H2,1-5H3;3*1H3;. The summed E-state index contributed by atoms with van der Waals surface area (Å²) in [6.07, 6.45) is 19.2. The van der Waals surface area contributed by atoms with E-state index in [1.165, 1.54) is 132 Å². The summed E-state index contributed by atoms with van der Waals surface area (Å²) in [4.78, 5) is 23.1. The van der Waals surface area contributed by atoms with Gasteiger partial charge in [0.15, 0.2) is 0 Å². The van der Waals surface area contributed by atoms with Crippen molar-refractivity contribution < 1.29 is 0 Å². The first-order valence-corrected chi connectivity index (χ1v) is 38.1. The maximum absolute atomic E-state index is 5.31. The SMILES string of the molecule is CCCCCCc1ccc(-c2ccc(-c3cnc(-c4cc5c(s4)-c4s[c]([Sn]([CH3])([CH3])[CH3])cc4[Si]5(CC(CC)CCCC)CC(CC)CCCC)c4nsnc34)s2)s1. The monoisotopic (exact) mass is 965 g/mol. The maximum atomic E-state index is 5.31. The minimum atomic E-state index is -2.31. The van der Waals surface area contributed by atoms with E-state index in [9.17, 15) is 0 Å². The molecule has 0 amide bonds. The number of hydrogen-bond donors (Lipinski definition) is 0. The zero-order chi connectivity index (χ0) is 39.5. The van der Waals surface area contributed by atoms with Crippen LogP contribution in [0.3, 0.4) is 0 Å². The Balaban J connectivity index is 1.28. The number of nitrogens with zero attached hydrogens (tertiary/aromatic N) is 3. The number of hydrogen-bond acceptors (Lipinski definition) is 8. The minimum absolute atomic E-state index is 0.794. The molecule has 1 aliphatic heterocycles. The Morgan fingerprint density at radius 1 is 0.625 bits per heavy atom. The molecule has 2 atom stereocenters. The third kappa shape index (κ3) is 8.95. The summed E-state index contributed by atoms with van der Waals surface area (Å²) in [5.74, 6) is 1.59. The predicted octanol–water partition coefficient (Wildman–Crippen LogP) is 15.0. The van der Waals surface area contributed by atoms with Crippen LogP contribution in [0.4, 0.5) is 0 Å². The number of rotatable bonds is 21. The minimum Gasteiger partial charge on any atom is -0.139 e. The first-order chi connectivity index (χ1) is 27.1. The second-order valence-electron chi connectivity index (χ2n) is 17.5. The third-order valence-electron chi connectivity index (χ3n) is 12.4. The molecular formula is C46H63N3S5SiSn. The van der Waals surface area contributed by atoms with Crippen LogP contribution in [0.5, 0.6) is 0 Å². The summed E-state index contributed by atoms with van der Waals surface area (Å²) >= 11 is 7.08. The van der Waals surface area contributed by atoms with Crippen LogP contribution >= 0.6 is 57.1 Å². The number of thiophene rings is 4. The fourth-order valence-electron chi connectivity index (χ4n) is 8.98. The zero-order valence-corrected chi connectivity index (χ0v) is 43.1. The van der Waals surface area contributed by atoms with E-state index in [0.717, 1.165) is 34.1 Å². The van der Waals surface area contributed by atoms with E-state index in [0.29, 0.717) is 0 Å². The molecule has 56 heavy (non-hydrogen) atoms. The number of unbranched alkanes of at least 4 members (excludes halogenated alkanes) is 5.